The second-order valence-electron chi connectivity index (χ2n) is 2.61. The highest BCUT2D eigenvalue weighted by Gasteiger charge is 2.19. The minimum atomic E-state index is -0.408. The van der Waals surface area contributed by atoms with Gasteiger partial charge in [-0.2, -0.15) is 0 Å². The van der Waals surface area contributed by atoms with Crippen molar-refractivity contribution >= 4 is 17.7 Å². The van der Waals surface area contributed by atoms with Crippen LogP contribution in [-0.2, 0) is 4.79 Å². The largest absolute Gasteiger partial charge is 0.319 e. The van der Waals surface area contributed by atoms with E-state index in [0.717, 1.165) is 5.03 Å². The molecule has 12 heavy (non-hydrogen) atoms. The zero-order chi connectivity index (χ0) is 8.55. The van der Waals surface area contributed by atoms with E-state index in [4.69, 9.17) is 5.73 Å². The lowest BCUT2D eigenvalue weighted by Crippen LogP contribution is -2.38. The van der Waals surface area contributed by atoms with Crippen molar-refractivity contribution in [2.75, 3.05) is 11.2 Å². The van der Waals surface area contributed by atoms with E-state index < -0.39 is 6.04 Å². The third-order valence-corrected chi connectivity index (χ3v) is 2.84. The van der Waals surface area contributed by atoms with Gasteiger partial charge in [0, 0.05) is 11.9 Å². The predicted molar refractivity (Wildman–Crippen MR) is 47.5 cm³/mol. The number of aromatic nitrogens is 1. The Morgan fingerprint density at radius 2 is 2.58 bits per heavy atom. The average Bonchev–Trinajstić information content (AvgIpc) is 2.43. The molecule has 2 heterocycles. The molecule has 1 aromatic rings. The first kappa shape index (κ1) is 7.70. The van der Waals surface area contributed by atoms with E-state index in [2.05, 4.69) is 5.43 Å². The number of nitrogens with one attached hydrogen (secondary N) is 1. The molecule has 0 aromatic carbocycles. The number of rotatable bonds is 0. The van der Waals surface area contributed by atoms with Crippen LogP contribution in [0.2, 0.25) is 0 Å². The van der Waals surface area contributed by atoms with Gasteiger partial charge in [-0.15, -0.1) is 11.8 Å². The van der Waals surface area contributed by atoms with Crippen LogP contribution >= 0.6 is 11.8 Å². The quantitative estimate of drug-likeness (QED) is 0.594. The predicted octanol–water partition coefficient (Wildman–Crippen LogP) is -0.00880. The number of carbonyl (C=O) groups excluding carboxylic acids is 1. The molecule has 0 spiro atoms. The van der Waals surface area contributed by atoms with Gasteiger partial charge < -0.3 is 5.73 Å². The van der Waals surface area contributed by atoms with Crippen molar-refractivity contribution in [2.45, 2.75) is 11.1 Å². The van der Waals surface area contributed by atoms with Gasteiger partial charge in [0.2, 0.25) is 0 Å². The Morgan fingerprint density at radius 3 is 3.42 bits per heavy atom. The normalized spacial score (nSPS) is 22.8. The number of nitrogens with two attached hydrogens (primary N) is 1. The number of hydrogen-bond donors (Lipinski definition) is 2. The van der Waals surface area contributed by atoms with Gasteiger partial charge >= 0.3 is 0 Å². The topological polar surface area (TPSA) is 60.0 Å². The molecule has 0 aliphatic carbocycles. The molecular formula is C7H9N3OS. The first-order valence-electron chi connectivity index (χ1n) is 3.64. The third-order valence-electron chi connectivity index (χ3n) is 1.69. The van der Waals surface area contributed by atoms with Crippen LogP contribution in [0.1, 0.15) is 0 Å². The standard InChI is InChI=1S/C7H9N3OS/c8-5-4-12-6-2-1-3-10(6)9-7(5)11/h1-3,5H,4,8H2,(H,9,11). The first-order valence-corrected chi connectivity index (χ1v) is 4.62. The Hall–Kier alpha value is -0.940. The SMILES string of the molecule is NC1CSc2cccn2NC1=O. The molecule has 4 nitrogen and oxygen atoms in total. The minimum Gasteiger partial charge on any atom is -0.319 e. The molecule has 0 saturated carbocycles. The van der Waals surface area contributed by atoms with Gasteiger partial charge in [0.1, 0.15) is 0 Å². The van der Waals surface area contributed by atoms with Crippen LogP contribution in [0.25, 0.3) is 0 Å². The Balaban J connectivity index is 2.30. The van der Waals surface area contributed by atoms with Crippen LogP contribution in [0.15, 0.2) is 23.4 Å². The summed E-state index contributed by atoms with van der Waals surface area (Å²) in [5.74, 6) is 0.507. The summed E-state index contributed by atoms with van der Waals surface area (Å²) in [6.45, 7) is 0. The molecule has 64 valence electrons. The maximum absolute atomic E-state index is 11.2. The fourth-order valence-electron chi connectivity index (χ4n) is 1.03. The Morgan fingerprint density at radius 1 is 1.75 bits per heavy atom. The van der Waals surface area contributed by atoms with E-state index in [1.165, 1.54) is 0 Å². The molecule has 1 aliphatic rings. The smallest absolute Gasteiger partial charge is 0.256 e. The lowest BCUT2D eigenvalue weighted by Gasteiger charge is -2.06. The van der Waals surface area contributed by atoms with Crippen molar-refractivity contribution in [1.29, 1.82) is 0 Å². The van der Waals surface area contributed by atoms with Gasteiger partial charge in [-0.3, -0.25) is 14.9 Å². The van der Waals surface area contributed by atoms with E-state index >= 15 is 0 Å². The summed E-state index contributed by atoms with van der Waals surface area (Å²) in [5.41, 5.74) is 8.25. The van der Waals surface area contributed by atoms with Crippen LogP contribution in [0.4, 0.5) is 0 Å². The number of carbonyl (C=O) groups is 1. The number of hydrogen-bond acceptors (Lipinski definition) is 3. The zero-order valence-corrected chi connectivity index (χ0v) is 7.17. The molecule has 1 aliphatic heterocycles. The summed E-state index contributed by atoms with van der Waals surface area (Å²) in [6, 6.07) is 3.43. The van der Waals surface area contributed by atoms with E-state index in [1.54, 1.807) is 22.6 Å². The molecular weight excluding hydrogens is 174 g/mol. The van der Waals surface area contributed by atoms with E-state index in [-0.39, 0.29) is 5.91 Å². The summed E-state index contributed by atoms with van der Waals surface area (Å²) in [5, 5.41) is 1.02. The molecule has 3 N–H and O–H groups in total. The van der Waals surface area contributed by atoms with Crippen molar-refractivity contribution < 1.29 is 4.79 Å². The van der Waals surface area contributed by atoms with Crippen LogP contribution in [0.3, 0.4) is 0 Å². The molecule has 1 aromatic heterocycles. The second-order valence-corrected chi connectivity index (χ2v) is 3.65. The van der Waals surface area contributed by atoms with E-state index in [0.29, 0.717) is 5.75 Å². The highest BCUT2D eigenvalue weighted by molar-refractivity contribution is 7.99. The zero-order valence-electron chi connectivity index (χ0n) is 6.36. The van der Waals surface area contributed by atoms with Crippen LogP contribution in [-0.4, -0.2) is 22.4 Å². The monoisotopic (exact) mass is 183 g/mol. The van der Waals surface area contributed by atoms with E-state index in [9.17, 15) is 4.79 Å². The number of amides is 1. The Bertz CT molecular complexity index is 309. The van der Waals surface area contributed by atoms with Gasteiger partial charge in [0.05, 0.1) is 11.1 Å². The lowest BCUT2D eigenvalue weighted by molar-refractivity contribution is -0.117. The fraction of sp³-hybridized carbons (Fsp3) is 0.286. The minimum absolute atomic E-state index is 0.127. The number of nitrogens with zero attached hydrogens (tertiary/aromatic N) is 1. The summed E-state index contributed by atoms with van der Waals surface area (Å²) in [4.78, 5) is 11.2. The molecule has 0 saturated heterocycles. The molecule has 5 heteroatoms. The molecule has 2 rings (SSSR count). The first-order chi connectivity index (χ1) is 5.77. The van der Waals surface area contributed by atoms with Crippen molar-refractivity contribution in [3.63, 3.8) is 0 Å². The number of fused-ring (bicyclic) bond motifs is 1. The maximum Gasteiger partial charge on any atom is 0.256 e. The fourth-order valence-corrected chi connectivity index (χ4v) is 1.95. The van der Waals surface area contributed by atoms with E-state index in [1.807, 2.05) is 12.1 Å². The van der Waals surface area contributed by atoms with Crippen molar-refractivity contribution in [1.82, 2.24) is 4.68 Å². The van der Waals surface area contributed by atoms with Gasteiger partial charge in [-0.25, -0.2) is 0 Å². The summed E-state index contributed by atoms with van der Waals surface area (Å²) in [6.07, 6.45) is 1.80. The van der Waals surface area contributed by atoms with Gasteiger partial charge in [0.25, 0.3) is 5.91 Å². The molecule has 1 atom stereocenters. The van der Waals surface area contributed by atoms with Gasteiger partial charge in [0.15, 0.2) is 0 Å². The van der Waals surface area contributed by atoms with Crippen LogP contribution < -0.4 is 11.2 Å². The molecule has 1 unspecified atom stereocenters. The summed E-state index contributed by atoms with van der Waals surface area (Å²) < 4.78 is 1.69. The summed E-state index contributed by atoms with van der Waals surface area (Å²) >= 11 is 1.58. The Kier molecular flexibility index (Phi) is 1.82. The highest BCUT2D eigenvalue weighted by Crippen LogP contribution is 2.20. The van der Waals surface area contributed by atoms with Crippen molar-refractivity contribution in [3.8, 4) is 0 Å². The Labute approximate surface area is 74.1 Å². The van der Waals surface area contributed by atoms with Crippen molar-refractivity contribution in [3.05, 3.63) is 18.3 Å². The number of thioether (sulfide) groups is 1. The summed E-state index contributed by atoms with van der Waals surface area (Å²) in [7, 11) is 0. The maximum atomic E-state index is 11.2. The van der Waals surface area contributed by atoms with Gasteiger partial charge in [-0.1, -0.05) is 0 Å². The van der Waals surface area contributed by atoms with Gasteiger partial charge in [-0.05, 0) is 12.1 Å². The van der Waals surface area contributed by atoms with Crippen molar-refractivity contribution in [2.24, 2.45) is 5.73 Å². The lowest BCUT2D eigenvalue weighted by atomic mass is 10.3. The average molecular weight is 183 g/mol. The molecule has 0 bridgehead atoms. The molecule has 0 fully saturated rings. The van der Waals surface area contributed by atoms with Crippen LogP contribution in [0, 0.1) is 0 Å². The third kappa shape index (κ3) is 1.21. The second kappa shape index (κ2) is 2.84. The highest BCUT2D eigenvalue weighted by atomic mass is 32.2. The molecule has 1 amide bonds. The molecule has 0 radical (unpaired) electrons. The van der Waals surface area contributed by atoms with Crippen LogP contribution in [0.5, 0.6) is 0 Å².